The van der Waals surface area contributed by atoms with Gasteiger partial charge < -0.3 is 0 Å². The highest BCUT2D eigenvalue weighted by atomic mass is 14.3. The Morgan fingerprint density at radius 3 is 2.31 bits per heavy atom. The van der Waals surface area contributed by atoms with Crippen LogP contribution in [-0.2, 0) is 0 Å². The van der Waals surface area contributed by atoms with Crippen LogP contribution in [0.25, 0.3) is 0 Å². The van der Waals surface area contributed by atoms with Gasteiger partial charge in [-0.15, -0.1) is 0 Å². The van der Waals surface area contributed by atoms with Gasteiger partial charge in [0, 0.05) is 0 Å². The van der Waals surface area contributed by atoms with Crippen molar-refractivity contribution in [2.45, 2.75) is 51.9 Å². The molecule has 0 amide bonds. The molecular weight excluding hydrogens is 156 g/mol. The molecule has 0 heteroatoms. The third kappa shape index (κ3) is 1.87. The summed E-state index contributed by atoms with van der Waals surface area (Å²) in [6.07, 6.45) is 9.40. The Labute approximate surface area is 81.7 Å². The van der Waals surface area contributed by atoms with E-state index in [9.17, 15) is 0 Å². The second kappa shape index (κ2) is 3.69. The lowest BCUT2D eigenvalue weighted by atomic mass is 9.86. The fourth-order valence-electron chi connectivity index (χ4n) is 2.77. The summed E-state index contributed by atoms with van der Waals surface area (Å²) in [6, 6.07) is 0. The average Bonchev–Trinajstić information content (AvgIpc) is 2.53. The lowest BCUT2D eigenvalue weighted by Crippen LogP contribution is -2.02. The first-order valence-electron chi connectivity index (χ1n) is 5.65. The summed E-state index contributed by atoms with van der Waals surface area (Å²) < 4.78 is 0. The van der Waals surface area contributed by atoms with Crippen LogP contribution in [0.5, 0.6) is 0 Å². The van der Waals surface area contributed by atoms with E-state index < -0.39 is 0 Å². The lowest BCUT2D eigenvalue weighted by molar-refractivity contribution is 0.659. The van der Waals surface area contributed by atoms with Gasteiger partial charge >= 0.3 is 0 Å². The summed E-state index contributed by atoms with van der Waals surface area (Å²) >= 11 is 0. The lowest BCUT2D eigenvalue weighted by Gasteiger charge is -2.20. The highest BCUT2D eigenvalue weighted by molar-refractivity contribution is 5.24. The number of hydrogen-bond donors (Lipinski definition) is 0. The minimum Gasteiger partial charge on any atom is -0.0998 e. The number of rotatable bonds is 0. The van der Waals surface area contributed by atoms with Crippen LogP contribution in [0.2, 0.25) is 0 Å². The smallest absolute Gasteiger partial charge is 0.0229 e. The Balaban J connectivity index is 2.10. The predicted octanol–water partition coefficient (Wildman–Crippen LogP) is 4.23. The van der Waals surface area contributed by atoms with Crippen LogP contribution in [0.3, 0.4) is 0 Å². The molecule has 2 fully saturated rings. The highest BCUT2D eigenvalue weighted by Gasteiger charge is 2.21. The van der Waals surface area contributed by atoms with E-state index in [0.29, 0.717) is 0 Å². The first kappa shape index (κ1) is 9.05. The zero-order valence-corrected chi connectivity index (χ0v) is 8.73. The Morgan fingerprint density at radius 2 is 1.77 bits per heavy atom. The van der Waals surface area contributed by atoms with Gasteiger partial charge in [0.15, 0.2) is 0 Å². The molecule has 1 atom stereocenters. The zero-order valence-electron chi connectivity index (χ0n) is 8.73. The topological polar surface area (TPSA) is 0 Å². The van der Waals surface area contributed by atoms with E-state index in [2.05, 4.69) is 13.5 Å². The van der Waals surface area contributed by atoms with Gasteiger partial charge in [0.1, 0.15) is 0 Å². The van der Waals surface area contributed by atoms with Crippen molar-refractivity contribution in [1.29, 1.82) is 0 Å². The van der Waals surface area contributed by atoms with Crippen LogP contribution in [0.15, 0.2) is 23.3 Å². The van der Waals surface area contributed by atoms with Crippen molar-refractivity contribution in [3.05, 3.63) is 23.3 Å². The van der Waals surface area contributed by atoms with E-state index in [1.54, 1.807) is 5.57 Å². The third-order valence-corrected chi connectivity index (χ3v) is 3.69. The molecule has 2 aliphatic carbocycles. The van der Waals surface area contributed by atoms with E-state index in [4.69, 9.17) is 0 Å². The normalized spacial score (nSPS) is 29.9. The van der Waals surface area contributed by atoms with Gasteiger partial charge in [-0.25, -0.2) is 0 Å². The molecule has 0 aromatic rings. The molecule has 0 aliphatic heterocycles. The van der Waals surface area contributed by atoms with Crippen LogP contribution in [0.4, 0.5) is 0 Å². The SMILES string of the molecule is C=C1CCC(=C2CCCC2C)CC1. The van der Waals surface area contributed by atoms with Gasteiger partial charge in [-0.05, 0) is 50.9 Å². The molecule has 13 heavy (non-hydrogen) atoms. The van der Waals surface area contributed by atoms with Gasteiger partial charge in [-0.3, -0.25) is 0 Å². The summed E-state index contributed by atoms with van der Waals surface area (Å²) in [6.45, 7) is 6.47. The maximum Gasteiger partial charge on any atom is -0.0229 e. The molecule has 0 saturated heterocycles. The maximum atomic E-state index is 4.07. The molecule has 0 bridgehead atoms. The molecule has 0 heterocycles. The number of allylic oxidation sites excluding steroid dienone is 3. The quantitative estimate of drug-likeness (QED) is 0.484. The molecule has 0 nitrogen and oxygen atoms in total. The molecular formula is C13H20. The van der Waals surface area contributed by atoms with Gasteiger partial charge in [0.2, 0.25) is 0 Å². The monoisotopic (exact) mass is 176 g/mol. The highest BCUT2D eigenvalue weighted by Crippen LogP contribution is 2.38. The second-order valence-corrected chi connectivity index (χ2v) is 4.67. The van der Waals surface area contributed by atoms with Crippen molar-refractivity contribution in [3.63, 3.8) is 0 Å². The van der Waals surface area contributed by atoms with E-state index in [1.165, 1.54) is 50.5 Å². The fourth-order valence-corrected chi connectivity index (χ4v) is 2.77. The summed E-state index contributed by atoms with van der Waals surface area (Å²) in [5.74, 6) is 0.890. The van der Waals surface area contributed by atoms with Crippen LogP contribution >= 0.6 is 0 Å². The molecule has 0 N–H and O–H groups in total. The van der Waals surface area contributed by atoms with Crippen LogP contribution in [-0.4, -0.2) is 0 Å². The van der Waals surface area contributed by atoms with Crippen LogP contribution < -0.4 is 0 Å². The first-order chi connectivity index (χ1) is 6.27. The summed E-state index contributed by atoms with van der Waals surface area (Å²) in [4.78, 5) is 0. The Kier molecular flexibility index (Phi) is 2.57. The molecule has 2 aliphatic rings. The van der Waals surface area contributed by atoms with Crippen molar-refractivity contribution in [2.75, 3.05) is 0 Å². The van der Waals surface area contributed by atoms with Crippen molar-refractivity contribution in [2.24, 2.45) is 5.92 Å². The third-order valence-electron chi connectivity index (χ3n) is 3.69. The van der Waals surface area contributed by atoms with Crippen LogP contribution in [0.1, 0.15) is 51.9 Å². The standard InChI is InChI=1S/C13H20/c1-10-6-8-12(9-7-10)13-5-3-4-11(13)2/h11H,1,3-9H2,2H3. The van der Waals surface area contributed by atoms with Crippen molar-refractivity contribution in [1.82, 2.24) is 0 Å². The minimum atomic E-state index is 0.890. The Hall–Kier alpha value is -0.520. The van der Waals surface area contributed by atoms with Gasteiger partial charge in [-0.2, -0.15) is 0 Å². The van der Waals surface area contributed by atoms with Gasteiger partial charge in [-0.1, -0.05) is 30.2 Å². The molecule has 0 radical (unpaired) electrons. The van der Waals surface area contributed by atoms with E-state index in [0.717, 1.165) is 5.92 Å². The maximum absolute atomic E-state index is 4.07. The van der Waals surface area contributed by atoms with Crippen molar-refractivity contribution in [3.8, 4) is 0 Å². The number of hydrogen-bond acceptors (Lipinski definition) is 0. The molecule has 0 spiro atoms. The summed E-state index contributed by atoms with van der Waals surface area (Å²) in [5, 5.41) is 0. The molecule has 72 valence electrons. The summed E-state index contributed by atoms with van der Waals surface area (Å²) in [5.41, 5.74) is 5.07. The molecule has 0 aromatic heterocycles. The fraction of sp³-hybridized carbons (Fsp3) is 0.692. The van der Waals surface area contributed by atoms with Crippen molar-refractivity contribution >= 4 is 0 Å². The predicted molar refractivity (Wildman–Crippen MR) is 57.6 cm³/mol. The van der Waals surface area contributed by atoms with E-state index >= 15 is 0 Å². The molecule has 0 aromatic carbocycles. The largest absolute Gasteiger partial charge is 0.0998 e. The van der Waals surface area contributed by atoms with E-state index in [1.807, 2.05) is 5.57 Å². The average molecular weight is 176 g/mol. The minimum absolute atomic E-state index is 0.890. The summed E-state index contributed by atoms with van der Waals surface area (Å²) in [7, 11) is 0. The molecule has 2 saturated carbocycles. The Morgan fingerprint density at radius 1 is 1.08 bits per heavy atom. The zero-order chi connectivity index (χ0) is 9.26. The Bertz CT molecular complexity index is 233. The van der Waals surface area contributed by atoms with Crippen LogP contribution in [0, 0.1) is 5.92 Å². The van der Waals surface area contributed by atoms with Gasteiger partial charge in [0.25, 0.3) is 0 Å². The van der Waals surface area contributed by atoms with Gasteiger partial charge in [0.05, 0.1) is 0 Å². The van der Waals surface area contributed by atoms with E-state index in [-0.39, 0.29) is 0 Å². The molecule has 2 rings (SSSR count). The second-order valence-electron chi connectivity index (χ2n) is 4.67. The van der Waals surface area contributed by atoms with Crippen molar-refractivity contribution < 1.29 is 0 Å². The molecule has 1 unspecified atom stereocenters. The first-order valence-corrected chi connectivity index (χ1v) is 5.65.